The zero-order valence-corrected chi connectivity index (χ0v) is 12.3. The molecule has 1 saturated heterocycles. The van der Waals surface area contributed by atoms with Crippen LogP contribution in [-0.2, 0) is 0 Å². The molecule has 2 fully saturated rings. The van der Waals surface area contributed by atoms with Gasteiger partial charge in [-0.3, -0.25) is 0 Å². The fourth-order valence-electron chi connectivity index (χ4n) is 2.97. The third kappa shape index (κ3) is 3.36. The second-order valence-corrected chi connectivity index (χ2v) is 5.91. The number of hydrogen-bond acceptors (Lipinski definition) is 6. The second kappa shape index (κ2) is 6.35. The van der Waals surface area contributed by atoms with Crippen molar-refractivity contribution in [2.45, 2.75) is 38.1 Å². The lowest BCUT2D eigenvalue weighted by Crippen LogP contribution is -2.45. The minimum Gasteiger partial charge on any atom is -0.353 e. The van der Waals surface area contributed by atoms with E-state index < -0.39 is 0 Å². The molecule has 20 heavy (non-hydrogen) atoms. The highest BCUT2D eigenvalue weighted by molar-refractivity contribution is 5.41. The molecule has 1 aromatic heterocycles. The molecule has 0 bridgehead atoms. The number of likely N-dealkylation sites (N-methyl/N-ethyl adjacent to an activating group) is 1. The Morgan fingerprint density at radius 3 is 2.60 bits per heavy atom. The quantitative estimate of drug-likeness (QED) is 0.900. The summed E-state index contributed by atoms with van der Waals surface area (Å²) in [6.07, 6.45) is 8.20. The normalized spacial score (nSPS) is 21.9. The lowest BCUT2D eigenvalue weighted by Gasteiger charge is -2.33. The molecule has 0 aromatic carbocycles. The van der Waals surface area contributed by atoms with Crippen molar-refractivity contribution in [3.8, 4) is 0 Å². The Labute approximate surface area is 120 Å². The fraction of sp³-hybridized carbons (Fsp3) is 0.786. The van der Waals surface area contributed by atoms with Gasteiger partial charge in [0, 0.05) is 32.2 Å². The molecular formula is C14H24N6. The van der Waals surface area contributed by atoms with E-state index in [1.54, 1.807) is 6.20 Å². The van der Waals surface area contributed by atoms with E-state index in [1.165, 1.54) is 32.1 Å². The van der Waals surface area contributed by atoms with Crippen LogP contribution in [-0.4, -0.2) is 59.3 Å². The van der Waals surface area contributed by atoms with E-state index in [1.807, 2.05) is 0 Å². The zero-order valence-electron chi connectivity index (χ0n) is 12.3. The Morgan fingerprint density at radius 2 is 1.85 bits per heavy atom. The van der Waals surface area contributed by atoms with Crippen LogP contribution in [0.25, 0.3) is 0 Å². The minimum absolute atomic E-state index is 0.522. The maximum atomic E-state index is 4.64. The van der Waals surface area contributed by atoms with Crippen LogP contribution in [0.5, 0.6) is 0 Å². The summed E-state index contributed by atoms with van der Waals surface area (Å²) >= 11 is 0. The van der Waals surface area contributed by atoms with E-state index in [4.69, 9.17) is 0 Å². The molecule has 1 saturated carbocycles. The molecule has 6 heteroatoms. The molecule has 2 heterocycles. The molecule has 1 aliphatic heterocycles. The number of hydrogen-bond donors (Lipinski definition) is 1. The Bertz CT molecular complexity index is 423. The van der Waals surface area contributed by atoms with E-state index in [-0.39, 0.29) is 0 Å². The molecule has 3 rings (SSSR count). The SMILES string of the molecule is CN1CCN(c2cnnc(NC3CCCCC3)n2)CC1. The smallest absolute Gasteiger partial charge is 0.244 e. The van der Waals surface area contributed by atoms with Crippen molar-refractivity contribution in [3.05, 3.63) is 6.20 Å². The minimum atomic E-state index is 0.522. The monoisotopic (exact) mass is 276 g/mol. The number of rotatable bonds is 3. The van der Waals surface area contributed by atoms with Crippen LogP contribution in [0.2, 0.25) is 0 Å². The first-order chi connectivity index (χ1) is 9.81. The van der Waals surface area contributed by atoms with E-state index >= 15 is 0 Å². The van der Waals surface area contributed by atoms with Gasteiger partial charge in [-0.2, -0.15) is 10.1 Å². The predicted molar refractivity (Wildman–Crippen MR) is 80.0 cm³/mol. The summed E-state index contributed by atoms with van der Waals surface area (Å²) in [6, 6.07) is 0.522. The first-order valence-corrected chi connectivity index (χ1v) is 7.71. The average molecular weight is 276 g/mol. The molecule has 0 spiro atoms. The van der Waals surface area contributed by atoms with Crippen LogP contribution in [0.1, 0.15) is 32.1 Å². The van der Waals surface area contributed by atoms with Gasteiger partial charge in [-0.1, -0.05) is 19.3 Å². The van der Waals surface area contributed by atoms with Gasteiger partial charge in [0.15, 0.2) is 5.82 Å². The van der Waals surface area contributed by atoms with Gasteiger partial charge in [0.2, 0.25) is 5.95 Å². The summed E-state index contributed by atoms with van der Waals surface area (Å²) < 4.78 is 0. The maximum Gasteiger partial charge on any atom is 0.244 e. The second-order valence-electron chi connectivity index (χ2n) is 5.91. The van der Waals surface area contributed by atoms with Gasteiger partial charge in [-0.05, 0) is 19.9 Å². The first kappa shape index (κ1) is 13.5. The lowest BCUT2D eigenvalue weighted by molar-refractivity contribution is 0.312. The molecule has 1 aliphatic carbocycles. The van der Waals surface area contributed by atoms with E-state index in [2.05, 4.69) is 37.3 Å². The van der Waals surface area contributed by atoms with Crippen LogP contribution in [0.15, 0.2) is 6.20 Å². The summed E-state index contributed by atoms with van der Waals surface area (Å²) in [7, 11) is 2.16. The molecular weight excluding hydrogens is 252 g/mol. The Hall–Kier alpha value is -1.43. The van der Waals surface area contributed by atoms with E-state index in [9.17, 15) is 0 Å². The molecule has 0 radical (unpaired) electrons. The van der Waals surface area contributed by atoms with Crippen molar-refractivity contribution < 1.29 is 0 Å². The lowest BCUT2D eigenvalue weighted by atomic mass is 9.96. The Balaban J connectivity index is 1.63. The van der Waals surface area contributed by atoms with Crippen molar-refractivity contribution in [1.29, 1.82) is 0 Å². The largest absolute Gasteiger partial charge is 0.353 e. The van der Waals surface area contributed by atoms with E-state index in [0.717, 1.165) is 32.0 Å². The van der Waals surface area contributed by atoms with Crippen LogP contribution in [0.4, 0.5) is 11.8 Å². The van der Waals surface area contributed by atoms with Gasteiger partial charge < -0.3 is 15.1 Å². The summed E-state index contributed by atoms with van der Waals surface area (Å²) in [4.78, 5) is 9.27. The van der Waals surface area contributed by atoms with Gasteiger partial charge in [0.05, 0.1) is 6.20 Å². The summed E-state index contributed by atoms with van der Waals surface area (Å²) in [5, 5.41) is 11.7. The first-order valence-electron chi connectivity index (χ1n) is 7.71. The van der Waals surface area contributed by atoms with E-state index in [0.29, 0.717) is 12.0 Å². The van der Waals surface area contributed by atoms with Crippen molar-refractivity contribution >= 4 is 11.8 Å². The predicted octanol–water partition coefficient (Wildman–Crippen LogP) is 1.37. The topological polar surface area (TPSA) is 57.2 Å². The fourth-order valence-corrected chi connectivity index (χ4v) is 2.97. The van der Waals surface area contributed by atoms with Crippen molar-refractivity contribution in [2.75, 3.05) is 43.4 Å². The number of anilines is 2. The highest BCUT2D eigenvalue weighted by Gasteiger charge is 2.18. The standard InChI is InChI=1S/C14H24N6/c1-19-7-9-20(10-8-19)13-11-15-18-14(17-13)16-12-5-3-2-4-6-12/h11-12H,2-10H2,1H3,(H,16,17,18). The summed E-state index contributed by atoms with van der Waals surface area (Å²) in [5.74, 6) is 1.64. The molecule has 0 unspecified atom stereocenters. The number of aromatic nitrogens is 3. The van der Waals surface area contributed by atoms with Gasteiger partial charge in [-0.25, -0.2) is 0 Å². The third-order valence-electron chi connectivity index (χ3n) is 4.31. The molecule has 1 aromatic rings. The molecule has 6 nitrogen and oxygen atoms in total. The highest BCUT2D eigenvalue weighted by Crippen LogP contribution is 2.21. The molecule has 0 atom stereocenters. The van der Waals surface area contributed by atoms with Gasteiger partial charge in [-0.15, -0.1) is 5.10 Å². The summed E-state index contributed by atoms with van der Waals surface area (Å²) in [6.45, 7) is 4.18. The van der Waals surface area contributed by atoms with Crippen LogP contribution in [0, 0.1) is 0 Å². The number of piperazine rings is 1. The van der Waals surface area contributed by atoms with Crippen molar-refractivity contribution in [1.82, 2.24) is 20.1 Å². The third-order valence-corrected chi connectivity index (χ3v) is 4.31. The summed E-state index contributed by atoms with van der Waals surface area (Å²) in [5.41, 5.74) is 0. The van der Waals surface area contributed by atoms with Gasteiger partial charge >= 0.3 is 0 Å². The van der Waals surface area contributed by atoms with Crippen LogP contribution >= 0.6 is 0 Å². The number of nitrogens with zero attached hydrogens (tertiary/aromatic N) is 5. The maximum absolute atomic E-state index is 4.64. The molecule has 110 valence electrons. The van der Waals surface area contributed by atoms with Gasteiger partial charge in [0.25, 0.3) is 0 Å². The molecule has 1 N–H and O–H groups in total. The Morgan fingerprint density at radius 1 is 1.10 bits per heavy atom. The van der Waals surface area contributed by atoms with Crippen molar-refractivity contribution in [3.63, 3.8) is 0 Å². The Kier molecular flexibility index (Phi) is 4.30. The molecule has 2 aliphatic rings. The van der Waals surface area contributed by atoms with Crippen LogP contribution in [0.3, 0.4) is 0 Å². The van der Waals surface area contributed by atoms with Crippen molar-refractivity contribution in [2.24, 2.45) is 0 Å². The highest BCUT2D eigenvalue weighted by atomic mass is 15.3. The average Bonchev–Trinajstić information content (AvgIpc) is 2.49. The number of nitrogens with one attached hydrogen (secondary N) is 1. The van der Waals surface area contributed by atoms with Gasteiger partial charge in [0.1, 0.15) is 0 Å². The van der Waals surface area contributed by atoms with Crippen LogP contribution < -0.4 is 10.2 Å². The molecule has 0 amide bonds. The zero-order chi connectivity index (χ0) is 13.8.